The van der Waals surface area contributed by atoms with Crippen LogP contribution in [0.15, 0.2) is 41.1 Å². The summed E-state index contributed by atoms with van der Waals surface area (Å²) in [6.45, 7) is 18.8. The summed E-state index contributed by atoms with van der Waals surface area (Å²) in [5.74, 6) is 1.16. The van der Waals surface area contributed by atoms with Crippen LogP contribution in [0.25, 0.3) is 0 Å². The molecule has 0 amide bonds. The van der Waals surface area contributed by atoms with E-state index in [-0.39, 0.29) is 5.41 Å². The van der Waals surface area contributed by atoms with Crippen molar-refractivity contribution in [1.82, 2.24) is 0 Å². The molecular weight excluding hydrogens is 258 g/mol. The second-order valence-corrected chi connectivity index (χ2v) is 4.75. The van der Waals surface area contributed by atoms with Crippen LogP contribution in [0.1, 0.15) is 62.3 Å². The monoisotopic (exact) mass is 293 g/mol. The lowest BCUT2D eigenvalue weighted by Crippen LogP contribution is -2.34. The van der Waals surface area contributed by atoms with Crippen molar-refractivity contribution < 1.29 is 5.21 Å². The zero-order chi connectivity index (χ0) is 17.1. The third-order valence-electron chi connectivity index (χ3n) is 3.96. The fourth-order valence-electron chi connectivity index (χ4n) is 2.39. The van der Waals surface area contributed by atoms with Crippen LogP contribution >= 0.6 is 0 Å². The first-order chi connectivity index (χ1) is 10.1. The van der Waals surface area contributed by atoms with Gasteiger partial charge in [-0.05, 0) is 29.6 Å². The normalized spacial score (nSPS) is 30.5. The Labute approximate surface area is 132 Å². The molecule has 0 radical (unpaired) electrons. The van der Waals surface area contributed by atoms with Gasteiger partial charge in [0.1, 0.15) is 5.71 Å². The topological polar surface area (TPSA) is 32.6 Å². The Morgan fingerprint density at radius 2 is 1.52 bits per heavy atom. The molecular formula is C19H35NO. The lowest BCUT2D eigenvalue weighted by atomic mass is 9.62. The molecule has 0 heterocycles. The maximum absolute atomic E-state index is 8.75. The minimum Gasteiger partial charge on any atom is -0.410 e. The molecule has 0 bridgehead atoms. The zero-order valence-electron chi connectivity index (χ0n) is 15.4. The molecule has 21 heavy (non-hydrogen) atoms. The van der Waals surface area contributed by atoms with Crippen molar-refractivity contribution in [2.75, 3.05) is 0 Å². The van der Waals surface area contributed by atoms with Crippen LogP contribution in [0, 0.1) is 17.3 Å². The summed E-state index contributed by atoms with van der Waals surface area (Å²) in [6, 6.07) is 0. The number of hydrogen-bond donors (Lipinski definition) is 1. The third kappa shape index (κ3) is 5.18. The van der Waals surface area contributed by atoms with Gasteiger partial charge < -0.3 is 5.21 Å². The molecule has 0 spiro atoms. The lowest BCUT2D eigenvalue weighted by molar-refractivity contribution is 0.265. The van der Waals surface area contributed by atoms with Crippen molar-refractivity contribution in [3.63, 3.8) is 0 Å². The fraction of sp³-hybridized carbons (Fsp3) is 0.632. The molecule has 0 aromatic rings. The Bertz CT molecular complexity index is 390. The summed E-state index contributed by atoms with van der Waals surface area (Å²) in [5, 5.41) is 12.0. The van der Waals surface area contributed by atoms with Gasteiger partial charge in [-0.2, -0.15) is 0 Å². The van der Waals surface area contributed by atoms with E-state index < -0.39 is 0 Å². The van der Waals surface area contributed by atoms with E-state index in [9.17, 15) is 0 Å². The first-order valence-corrected chi connectivity index (χ1v) is 8.39. The average molecular weight is 293 g/mol. The molecule has 3 unspecified atom stereocenters. The number of rotatable bonds is 0. The molecule has 0 aliphatic heterocycles. The van der Waals surface area contributed by atoms with Crippen molar-refractivity contribution in [2.45, 2.75) is 62.3 Å². The van der Waals surface area contributed by atoms with E-state index >= 15 is 0 Å². The summed E-state index contributed by atoms with van der Waals surface area (Å²) < 4.78 is 0. The van der Waals surface area contributed by atoms with Gasteiger partial charge in [0, 0.05) is 5.41 Å². The Morgan fingerprint density at radius 1 is 1.00 bits per heavy atom. The number of oxime groups is 1. The number of nitrogens with zero attached hydrogens (tertiary/aromatic N) is 1. The summed E-state index contributed by atoms with van der Waals surface area (Å²) in [7, 11) is 0. The standard InChI is InChI=1S/C13H17NO.3C2H6/c1-9-4-5-11-8-12(14-15)6-7-13(11,3)10(9)2;3*1-2/h4-10,15H,1-3H3;3*1-2H3/b14-12+;;;. The van der Waals surface area contributed by atoms with Gasteiger partial charge >= 0.3 is 0 Å². The second kappa shape index (κ2) is 11.4. The van der Waals surface area contributed by atoms with Gasteiger partial charge in [0.15, 0.2) is 0 Å². The van der Waals surface area contributed by atoms with Crippen molar-refractivity contribution in [1.29, 1.82) is 0 Å². The zero-order valence-corrected chi connectivity index (χ0v) is 15.4. The maximum Gasteiger partial charge on any atom is 0.102 e. The van der Waals surface area contributed by atoms with Gasteiger partial charge in [0.25, 0.3) is 0 Å². The van der Waals surface area contributed by atoms with Crippen LogP contribution in [-0.4, -0.2) is 10.9 Å². The third-order valence-corrected chi connectivity index (χ3v) is 3.96. The van der Waals surface area contributed by atoms with E-state index in [0.29, 0.717) is 17.5 Å². The van der Waals surface area contributed by atoms with Crippen molar-refractivity contribution in [3.8, 4) is 0 Å². The molecule has 0 saturated carbocycles. The highest BCUT2D eigenvalue weighted by molar-refractivity contribution is 6.05. The molecule has 122 valence electrons. The van der Waals surface area contributed by atoms with Gasteiger partial charge in [0.2, 0.25) is 0 Å². The van der Waals surface area contributed by atoms with Gasteiger partial charge in [-0.1, -0.05) is 85.7 Å². The molecule has 0 saturated heterocycles. The smallest absolute Gasteiger partial charge is 0.102 e. The molecule has 0 aromatic carbocycles. The highest BCUT2D eigenvalue weighted by Gasteiger charge is 2.38. The number of hydrogen-bond acceptors (Lipinski definition) is 2. The largest absolute Gasteiger partial charge is 0.410 e. The molecule has 3 atom stereocenters. The molecule has 0 aromatic heterocycles. The molecule has 2 heteroatoms. The Balaban J connectivity index is 0. The van der Waals surface area contributed by atoms with Gasteiger partial charge in [-0.3, -0.25) is 0 Å². The van der Waals surface area contributed by atoms with Crippen LogP contribution in [0.2, 0.25) is 0 Å². The molecule has 1 N–H and O–H groups in total. The second-order valence-electron chi connectivity index (χ2n) is 4.75. The van der Waals surface area contributed by atoms with E-state index in [0.717, 1.165) is 0 Å². The van der Waals surface area contributed by atoms with Gasteiger partial charge in [-0.25, -0.2) is 0 Å². The highest BCUT2D eigenvalue weighted by atomic mass is 16.4. The fourth-order valence-corrected chi connectivity index (χ4v) is 2.39. The molecule has 2 rings (SSSR count). The van der Waals surface area contributed by atoms with E-state index in [1.165, 1.54) is 5.57 Å². The summed E-state index contributed by atoms with van der Waals surface area (Å²) in [5.41, 5.74) is 1.96. The van der Waals surface area contributed by atoms with E-state index in [1.54, 1.807) is 0 Å². The Hall–Kier alpha value is -1.31. The number of allylic oxidation sites excluding steroid dienone is 6. The Kier molecular flexibility index (Phi) is 11.9. The maximum atomic E-state index is 8.75. The molecule has 2 aliphatic carbocycles. The highest BCUT2D eigenvalue weighted by Crippen LogP contribution is 2.46. The molecule has 0 fully saturated rings. The summed E-state index contributed by atoms with van der Waals surface area (Å²) in [6.07, 6.45) is 10.4. The summed E-state index contributed by atoms with van der Waals surface area (Å²) >= 11 is 0. The minimum atomic E-state index is 0.0857. The lowest BCUT2D eigenvalue weighted by Gasteiger charge is -2.41. The quantitative estimate of drug-likeness (QED) is 0.416. The average Bonchev–Trinajstić information content (AvgIpc) is 2.57. The van der Waals surface area contributed by atoms with Crippen molar-refractivity contribution >= 4 is 5.71 Å². The molecule has 2 aliphatic rings. The van der Waals surface area contributed by atoms with Crippen LogP contribution in [-0.2, 0) is 0 Å². The van der Waals surface area contributed by atoms with Crippen molar-refractivity contribution in [3.05, 3.63) is 36.0 Å². The minimum absolute atomic E-state index is 0.0857. The van der Waals surface area contributed by atoms with Crippen LogP contribution < -0.4 is 0 Å². The van der Waals surface area contributed by atoms with Gasteiger partial charge in [0.05, 0.1) is 0 Å². The predicted molar refractivity (Wildman–Crippen MR) is 96.1 cm³/mol. The van der Waals surface area contributed by atoms with Gasteiger partial charge in [-0.15, -0.1) is 0 Å². The predicted octanol–water partition coefficient (Wildman–Crippen LogP) is 6.24. The van der Waals surface area contributed by atoms with E-state index in [1.807, 2.05) is 53.7 Å². The van der Waals surface area contributed by atoms with E-state index in [2.05, 4.69) is 44.2 Å². The van der Waals surface area contributed by atoms with Crippen molar-refractivity contribution in [2.24, 2.45) is 22.4 Å². The first kappa shape index (κ1) is 22.0. The number of fused-ring (bicyclic) bond motifs is 1. The SMILES string of the molecule is CC.CC.CC.CC1C=CC2=C/C(=N/O)C=CC2(C)C1C. The molecule has 2 nitrogen and oxygen atoms in total. The van der Waals surface area contributed by atoms with Crippen LogP contribution in [0.4, 0.5) is 0 Å². The first-order valence-electron chi connectivity index (χ1n) is 8.39. The van der Waals surface area contributed by atoms with Crippen LogP contribution in [0.3, 0.4) is 0 Å². The van der Waals surface area contributed by atoms with E-state index in [4.69, 9.17) is 5.21 Å². The van der Waals surface area contributed by atoms with Crippen LogP contribution in [0.5, 0.6) is 0 Å². The Morgan fingerprint density at radius 3 is 2.00 bits per heavy atom. The summed E-state index contributed by atoms with van der Waals surface area (Å²) in [4.78, 5) is 0.